The molecular weight excluding hydrogens is 357 g/mol. The molecule has 0 radical (unpaired) electrons. The molecule has 7 heteroatoms. The lowest BCUT2D eigenvalue weighted by Crippen LogP contribution is -2.29. The van der Waals surface area contributed by atoms with E-state index < -0.39 is 5.67 Å². The highest BCUT2D eigenvalue weighted by Crippen LogP contribution is 2.47. The van der Waals surface area contributed by atoms with Gasteiger partial charge in [0.25, 0.3) is 5.56 Å². The van der Waals surface area contributed by atoms with Crippen LogP contribution in [0.1, 0.15) is 74.8 Å². The topological polar surface area (TPSA) is 76.5 Å². The van der Waals surface area contributed by atoms with Crippen LogP contribution in [-0.4, -0.2) is 30.4 Å². The summed E-state index contributed by atoms with van der Waals surface area (Å²) in [7, 11) is 0. The van der Waals surface area contributed by atoms with E-state index in [4.69, 9.17) is 4.98 Å². The summed E-state index contributed by atoms with van der Waals surface area (Å²) in [5, 5.41) is 4.95. The SMILES string of the molecule is CC1(F)CCC(n2ncc3c(=O)[nH]c(C4CCC4c4ccccn4)nc32)CC1. The van der Waals surface area contributed by atoms with E-state index >= 15 is 0 Å². The molecule has 2 atom stereocenters. The molecule has 146 valence electrons. The lowest BCUT2D eigenvalue weighted by atomic mass is 9.71. The van der Waals surface area contributed by atoms with Gasteiger partial charge in [0.2, 0.25) is 0 Å². The third kappa shape index (κ3) is 2.93. The number of hydrogen-bond donors (Lipinski definition) is 1. The van der Waals surface area contributed by atoms with Crippen molar-refractivity contribution in [3.05, 3.63) is 52.5 Å². The highest BCUT2D eigenvalue weighted by molar-refractivity contribution is 5.73. The first-order chi connectivity index (χ1) is 13.5. The molecule has 0 amide bonds. The summed E-state index contributed by atoms with van der Waals surface area (Å²) in [5.41, 5.74) is 0.420. The van der Waals surface area contributed by atoms with Gasteiger partial charge >= 0.3 is 0 Å². The van der Waals surface area contributed by atoms with Gasteiger partial charge in [0.05, 0.1) is 12.2 Å². The Hall–Kier alpha value is -2.57. The van der Waals surface area contributed by atoms with E-state index in [2.05, 4.69) is 15.1 Å². The minimum atomic E-state index is -1.10. The van der Waals surface area contributed by atoms with Crippen molar-refractivity contribution in [3.63, 3.8) is 0 Å². The minimum Gasteiger partial charge on any atom is -0.310 e. The van der Waals surface area contributed by atoms with E-state index in [9.17, 15) is 9.18 Å². The van der Waals surface area contributed by atoms with Crippen LogP contribution in [0, 0.1) is 0 Å². The number of aromatic amines is 1. The first kappa shape index (κ1) is 17.5. The van der Waals surface area contributed by atoms with Crippen LogP contribution in [0.4, 0.5) is 4.39 Å². The zero-order valence-corrected chi connectivity index (χ0v) is 15.9. The second kappa shape index (κ2) is 6.50. The van der Waals surface area contributed by atoms with Gasteiger partial charge in [-0.25, -0.2) is 14.1 Å². The molecule has 0 aliphatic heterocycles. The molecule has 28 heavy (non-hydrogen) atoms. The van der Waals surface area contributed by atoms with Crippen molar-refractivity contribution < 1.29 is 4.39 Å². The summed E-state index contributed by atoms with van der Waals surface area (Å²) in [4.78, 5) is 24.9. The number of aromatic nitrogens is 5. The number of alkyl halides is 1. The molecule has 2 fully saturated rings. The number of halogens is 1. The first-order valence-electron chi connectivity index (χ1n) is 10.1. The second-order valence-corrected chi connectivity index (χ2v) is 8.47. The Morgan fingerprint density at radius 3 is 2.64 bits per heavy atom. The number of nitrogens with zero attached hydrogens (tertiary/aromatic N) is 4. The number of nitrogens with one attached hydrogen (secondary N) is 1. The number of fused-ring (bicyclic) bond motifs is 1. The van der Waals surface area contributed by atoms with Gasteiger partial charge in [0.1, 0.15) is 16.9 Å². The molecule has 2 saturated carbocycles. The molecule has 2 aliphatic carbocycles. The third-order valence-electron chi connectivity index (χ3n) is 6.52. The van der Waals surface area contributed by atoms with Crippen molar-refractivity contribution in [3.8, 4) is 0 Å². The van der Waals surface area contributed by atoms with Crippen LogP contribution in [0.25, 0.3) is 11.0 Å². The largest absolute Gasteiger partial charge is 0.310 e. The molecule has 3 heterocycles. The predicted octanol–water partition coefficient (Wildman–Crippen LogP) is 4.02. The van der Waals surface area contributed by atoms with Crippen LogP contribution >= 0.6 is 0 Å². The van der Waals surface area contributed by atoms with Gasteiger partial charge in [-0.05, 0) is 57.6 Å². The van der Waals surface area contributed by atoms with Crippen molar-refractivity contribution in [1.29, 1.82) is 0 Å². The fourth-order valence-corrected chi connectivity index (χ4v) is 4.62. The van der Waals surface area contributed by atoms with Gasteiger partial charge in [0, 0.05) is 23.7 Å². The van der Waals surface area contributed by atoms with Gasteiger partial charge < -0.3 is 4.98 Å². The molecule has 3 aromatic rings. The van der Waals surface area contributed by atoms with Crippen LogP contribution in [0.15, 0.2) is 35.4 Å². The summed E-state index contributed by atoms with van der Waals surface area (Å²) < 4.78 is 16.0. The third-order valence-corrected chi connectivity index (χ3v) is 6.52. The molecule has 6 nitrogen and oxygen atoms in total. The Bertz CT molecular complexity index is 1050. The van der Waals surface area contributed by atoms with Gasteiger partial charge in [-0.1, -0.05) is 6.07 Å². The van der Waals surface area contributed by atoms with Crippen molar-refractivity contribution in [1.82, 2.24) is 24.7 Å². The van der Waals surface area contributed by atoms with Crippen LogP contribution in [0.3, 0.4) is 0 Å². The van der Waals surface area contributed by atoms with Gasteiger partial charge in [-0.3, -0.25) is 9.78 Å². The van der Waals surface area contributed by atoms with E-state index in [1.165, 1.54) is 0 Å². The van der Waals surface area contributed by atoms with Crippen LogP contribution in [0.2, 0.25) is 0 Å². The Morgan fingerprint density at radius 1 is 1.18 bits per heavy atom. The normalized spacial score (nSPS) is 30.3. The number of pyridine rings is 1. The fraction of sp³-hybridized carbons (Fsp3) is 0.524. The molecule has 0 aromatic carbocycles. The summed E-state index contributed by atoms with van der Waals surface area (Å²) in [6.07, 6.45) is 7.87. The smallest absolute Gasteiger partial charge is 0.262 e. The maximum absolute atomic E-state index is 14.2. The second-order valence-electron chi connectivity index (χ2n) is 8.47. The predicted molar refractivity (Wildman–Crippen MR) is 104 cm³/mol. The monoisotopic (exact) mass is 381 g/mol. The average molecular weight is 381 g/mol. The molecular formula is C21H24FN5O. The van der Waals surface area contributed by atoms with E-state index in [0.29, 0.717) is 42.5 Å². The Morgan fingerprint density at radius 2 is 1.96 bits per heavy atom. The summed E-state index contributed by atoms with van der Waals surface area (Å²) >= 11 is 0. The number of hydrogen-bond acceptors (Lipinski definition) is 4. The van der Waals surface area contributed by atoms with Crippen LogP contribution < -0.4 is 5.56 Å². The minimum absolute atomic E-state index is 0.0939. The Labute approximate surface area is 162 Å². The first-order valence-corrected chi connectivity index (χ1v) is 10.1. The standard InChI is InChI=1S/C21H24FN5O/c1-21(22)9-7-13(8-10-21)27-19-16(12-24-27)20(28)26-18(25-19)15-6-5-14(15)17-4-2-3-11-23-17/h2-4,11-15H,5-10H2,1H3,(H,25,26,28). The lowest BCUT2D eigenvalue weighted by molar-refractivity contribution is 0.103. The highest BCUT2D eigenvalue weighted by atomic mass is 19.1. The Kier molecular flexibility index (Phi) is 4.07. The van der Waals surface area contributed by atoms with Crippen LogP contribution in [-0.2, 0) is 0 Å². The van der Waals surface area contributed by atoms with E-state index in [-0.39, 0.29) is 23.4 Å². The number of H-pyrrole nitrogens is 1. The summed E-state index contributed by atoms with van der Waals surface area (Å²) in [5.74, 6) is 1.16. The fourth-order valence-electron chi connectivity index (χ4n) is 4.62. The summed E-state index contributed by atoms with van der Waals surface area (Å²) in [6.45, 7) is 1.67. The molecule has 3 aromatic heterocycles. The number of rotatable bonds is 3. The van der Waals surface area contributed by atoms with Gasteiger partial charge in [-0.15, -0.1) is 0 Å². The molecule has 2 unspecified atom stereocenters. The van der Waals surface area contributed by atoms with Crippen molar-refractivity contribution in [2.75, 3.05) is 0 Å². The van der Waals surface area contributed by atoms with Gasteiger partial charge in [0.15, 0.2) is 5.65 Å². The lowest BCUT2D eigenvalue weighted by Gasteiger charge is -2.35. The molecule has 0 spiro atoms. The highest BCUT2D eigenvalue weighted by Gasteiger charge is 2.37. The molecule has 1 N–H and O–H groups in total. The maximum Gasteiger partial charge on any atom is 0.262 e. The average Bonchev–Trinajstić information content (AvgIpc) is 3.06. The van der Waals surface area contributed by atoms with Crippen molar-refractivity contribution in [2.45, 2.75) is 69.0 Å². The van der Waals surface area contributed by atoms with Crippen molar-refractivity contribution in [2.24, 2.45) is 0 Å². The molecule has 0 saturated heterocycles. The molecule has 5 rings (SSSR count). The van der Waals surface area contributed by atoms with Crippen molar-refractivity contribution >= 4 is 11.0 Å². The molecule has 0 bridgehead atoms. The van der Waals surface area contributed by atoms with E-state index in [0.717, 1.165) is 18.5 Å². The maximum atomic E-state index is 14.2. The Balaban J connectivity index is 1.49. The quantitative estimate of drug-likeness (QED) is 0.743. The van der Waals surface area contributed by atoms with E-state index in [1.807, 2.05) is 22.9 Å². The zero-order valence-electron chi connectivity index (χ0n) is 15.9. The summed E-state index contributed by atoms with van der Waals surface area (Å²) in [6, 6.07) is 6.03. The van der Waals surface area contributed by atoms with E-state index in [1.54, 1.807) is 19.3 Å². The zero-order chi connectivity index (χ0) is 19.3. The van der Waals surface area contributed by atoms with Gasteiger partial charge in [-0.2, -0.15) is 5.10 Å². The van der Waals surface area contributed by atoms with Crippen LogP contribution in [0.5, 0.6) is 0 Å². The molecule has 2 aliphatic rings.